The maximum absolute atomic E-state index is 17.3. The van der Waals surface area contributed by atoms with Crippen LogP contribution in [0, 0.1) is 28.6 Å². The van der Waals surface area contributed by atoms with E-state index in [2.05, 4.69) is 0 Å². The molecule has 0 radical (unpaired) electrons. The van der Waals surface area contributed by atoms with Gasteiger partial charge in [-0.3, -0.25) is 9.59 Å². The number of halogens is 2. The Morgan fingerprint density at radius 1 is 0.935 bits per heavy atom. The fraction of sp³-hybridized carbons (Fsp3) is 0.833. The number of carbonyl (C=O) groups is 2. The smallest absolute Gasteiger partial charge is 0.178 e. The van der Waals surface area contributed by atoms with E-state index in [1.165, 1.54) is 12.2 Å². The molecule has 3 fully saturated rings. The van der Waals surface area contributed by atoms with Crippen molar-refractivity contribution in [3.8, 4) is 0 Å². The molecule has 0 aromatic heterocycles. The summed E-state index contributed by atoms with van der Waals surface area (Å²) in [4.78, 5) is 25.8. The number of aliphatic hydroxyl groups excluding tert-OH is 1. The van der Waals surface area contributed by atoms with Gasteiger partial charge in [-0.25, -0.2) is 4.39 Å². The first kappa shape index (κ1) is 37.6. The minimum Gasteiger partial charge on any atom is -0.390 e. The van der Waals surface area contributed by atoms with Crippen molar-refractivity contribution in [2.45, 2.75) is 102 Å². The normalized spacial score (nSPS) is 36.7. The first-order chi connectivity index (χ1) is 22.0. The maximum Gasteiger partial charge on any atom is 0.178 e. The van der Waals surface area contributed by atoms with Crippen LogP contribution in [0.3, 0.4) is 0 Å². The summed E-state index contributed by atoms with van der Waals surface area (Å²) < 4.78 is 39.6. The highest BCUT2D eigenvalue weighted by Gasteiger charge is 2.75. The molecule has 0 heterocycles. The molecule has 0 aromatic rings. The van der Waals surface area contributed by atoms with Gasteiger partial charge >= 0.3 is 0 Å². The number of carbonyl (C=O) groups excluding carboxylic acids is 2. The third-order valence-electron chi connectivity index (χ3n) is 11.6. The van der Waals surface area contributed by atoms with Gasteiger partial charge in [-0.1, -0.05) is 38.3 Å². The lowest BCUT2D eigenvalue weighted by Crippen LogP contribution is -2.69. The predicted octanol–water partition coefficient (Wildman–Crippen LogP) is 5.55. The Hall–Kier alpha value is -1.20. The SMILES string of the molecule is C[C@@H]1CC2[C@@H]3CCC4=CC(=O)C=C[C@]4(C)[C@@]3(F)[C@@H](O)C[C@]2(C)[C@@]1(O)C(=O)CCCOCCOCCOCCOCCCCCCCl. The van der Waals surface area contributed by atoms with Crippen LogP contribution in [0.25, 0.3) is 0 Å². The van der Waals surface area contributed by atoms with Crippen LogP contribution in [-0.2, 0) is 28.5 Å². The Balaban J connectivity index is 1.15. The van der Waals surface area contributed by atoms with Crippen LogP contribution in [-0.4, -0.2) is 97.9 Å². The molecule has 262 valence electrons. The quantitative estimate of drug-likeness (QED) is 0.128. The molecule has 10 heteroatoms. The molecular weight excluding hydrogens is 615 g/mol. The predicted molar refractivity (Wildman–Crippen MR) is 175 cm³/mol. The first-order valence-corrected chi connectivity index (χ1v) is 17.9. The van der Waals surface area contributed by atoms with E-state index in [0.29, 0.717) is 71.9 Å². The third kappa shape index (κ3) is 7.36. The highest BCUT2D eigenvalue weighted by Crippen LogP contribution is 2.70. The molecule has 4 aliphatic carbocycles. The summed E-state index contributed by atoms with van der Waals surface area (Å²) in [5.74, 6) is -0.867. The van der Waals surface area contributed by atoms with Crippen LogP contribution in [0.5, 0.6) is 0 Å². The van der Waals surface area contributed by atoms with Crippen LogP contribution in [0.1, 0.15) is 85.0 Å². The van der Waals surface area contributed by atoms with Gasteiger partial charge in [-0.05, 0) is 75.9 Å². The molecule has 0 aromatic carbocycles. The molecule has 4 rings (SSSR count). The average molecular weight is 671 g/mol. The van der Waals surface area contributed by atoms with E-state index in [0.717, 1.165) is 43.7 Å². The number of ether oxygens (including phenoxy) is 4. The van der Waals surface area contributed by atoms with Gasteiger partial charge in [0.05, 0.1) is 45.7 Å². The number of hydrogen-bond donors (Lipinski definition) is 2. The number of ketones is 2. The summed E-state index contributed by atoms with van der Waals surface area (Å²) in [7, 11) is 0. The van der Waals surface area contributed by atoms with Gasteiger partial charge in [0.25, 0.3) is 0 Å². The van der Waals surface area contributed by atoms with Crippen LogP contribution >= 0.6 is 11.6 Å². The topological polar surface area (TPSA) is 112 Å². The molecule has 8 nitrogen and oxygen atoms in total. The van der Waals surface area contributed by atoms with Crippen LogP contribution in [0.2, 0.25) is 0 Å². The molecule has 46 heavy (non-hydrogen) atoms. The van der Waals surface area contributed by atoms with Crippen LogP contribution in [0.4, 0.5) is 4.39 Å². The molecule has 8 atom stereocenters. The minimum absolute atomic E-state index is 0.0120. The fourth-order valence-corrected chi connectivity index (χ4v) is 9.27. The van der Waals surface area contributed by atoms with Crippen molar-refractivity contribution in [2.75, 3.05) is 58.7 Å². The van der Waals surface area contributed by atoms with E-state index in [1.807, 2.05) is 13.8 Å². The average Bonchev–Trinajstić information content (AvgIpc) is 3.22. The number of unbranched alkanes of at least 4 members (excludes halogenated alkanes) is 3. The van der Waals surface area contributed by atoms with Crippen LogP contribution in [0.15, 0.2) is 23.8 Å². The third-order valence-corrected chi connectivity index (χ3v) is 11.9. The Morgan fingerprint density at radius 3 is 2.15 bits per heavy atom. The second-order valence-electron chi connectivity index (χ2n) is 14.2. The van der Waals surface area contributed by atoms with E-state index in [-0.39, 0.29) is 36.2 Å². The summed E-state index contributed by atoms with van der Waals surface area (Å²) in [6.45, 7) is 9.48. The lowest BCUT2D eigenvalue weighted by molar-refractivity contribution is -0.219. The minimum atomic E-state index is -1.98. The molecule has 1 unspecified atom stereocenters. The molecule has 0 amide bonds. The van der Waals surface area contributed by atoms with Gasteiger partial charge in [0.2, 0.25) is 0 Å². The molecule has 0 aliphatic heterocycles. The Labute approximate surface area is 279 Å². The van der Waals surface area contributed by atoms with Crippen LogP contribution < -0.4 is 0 Å². The van der Waals surface area contributed by atoms with Crippen molar-refractivity contribution in [1.82, 2.24) is 0 Å². The van der Waals surface area contributed by atoms with Crippen molar-refractivity contribution in [2.24, 2.45) is 28.6 Å². The van der Waals surface area contributed by atoms with Crippen molar-refractivity contribution in [1.29, 1.82) is 0 Å². The van der Waals surface area contributed by atoms with Gasteiger partial charge in [0.15, 0.2) is 17.2 Å². The molecule has 3 saturated carbocycles. The summed E-state index contributed by atoms with van der Waals surface area (Å²) in [6, 6.07) is 0. The van der Waals surface area contributed by atoms with E-state index in [4.69, 9.17) is 30.5 Å². The molecule has 0 spiro atoms. The Kier molecular flexibility index (Phi) is 13.5. The first-order valence-electron chi connectivity index (χ1n) is 17.4. The summed E-state index contributed by atoms with van der Waals surface area (Å²) in [6.07, 6.45) is 9.68. The maximum atomic E-state index is 17.3. The van der Waals surface area contributed by atoms with Gasteiger partial charge in [-0.2, -0.15) is 0 Å². The number of Topliss-reactive ketones (excluding diaryl/α,β-unsaturated/α-hetero) is 1. The zero-order chi connectivity index (χ0) is 33.4. The molecule has 0 bridgehead atoms. The van der Waals surface area contributed by atoms with Gasteiger partial charge < -0.3 is 29.2 Å². The standard InChI is InChI=1S/C36H56ClFO8/c1-26-23-30-29-11-10-27-24-28(39)12-13-33(27,2)35(29,38)32(41)25-34(30,3)36(26,42)31(40)9-8-16-44-18-20-46-22-21-45-19-17-43-15-7-5-4-6-14-37/h12-13,24,26,29-30,32,41-42H,4-11,14-23,25H2,1-3H3/t26-,29+,30?,32+,33+,34+,35+,36+/m1/s1. The van der Waals surface area contributed by atoms with Crippen molar-refractivity contribution in [3.05, 3.63) is 23.8 Å². The Morgan fingerprint density at radius 2 is 1.52 bits per heavy atom. The number of hydrogen-bond acceptors (Lipinski definition) is 8. The number of alkyl halides is 2. The second-order valence-corrected chi connectivity index (χ2v) is 14.6. The van der Waals surface area contributed by atoms with Crippen molar-refractivity contribution >= 4 is 23.2 Å². The Bertz CT molecular complexity index is 1100. The molecule has 0 saturated heterocycles. The summed E-state index contributed by atoms with van der Waals surface area (Å²) in [5, 5.41) is 23.6. The van der Waals surface area contributed by atoms with E-state index >= 15 is 4.39 Å². The zero-order valence-electron chi connectivity index (χ0n) is 28.1. The number of rotatable bonds is 20. The summed E-state index contributed by atoms with van der Waals surface area (Å²) >= 11 is 5.67. The highest BCUT2D eigenvalue weighted by atomic mass is 35.5. The summed E-state index contributed by atoms with van der Waals surface area (Å²) in [5.41, 5.74) is -4.96. The lowest BCUT2D eigenvalue weighted by atomic mass is 9.44. The van der Waals surface area contributed by atoms with E-state index in [9.17, 15) is 19.8 Å². The van der Waals surface area contributed by atoms with Gasteiger partial charge in [0, 0.05) is 42.3 Å². The van der Waals surface area contributed by atoms with E-state index < -0.39 is 34.1 Å². The van der Waals surface area contributed by atoms with E-state index in [1.54, 1.807) is 13.0 Å². The molecular formula is C36H56ClFO8. The van der Waals surface area contributed by atoms with Gasteiger partial charge in [-0.15, -0.1) is 11.6 Å². The van der Waals surface area contributed by atoms with Gasteiger partial charge in [0.1, 0.15) is 5.60 Å². The monoisotopic (exact) mass is 670 g/mol. The number of aliphatic hydroxyl groups is 2. The number of fused-ring (bicyclic) bond motifs is 5. The zero-order valence-corrected chi connectivity index (χ0v) is 28.8. The van der Waals surface area contributed by atoms with Crippen molar-refractivity contribution < 1.29 is 43.1 Å². The molecule has 2 N–H and O–H groups in total. The highest BCUT2D eigenvalue weighted by molar-refractivity contribution is 6.17. The van der Waals surface area contributed by atoms with Crippen molar-refractivity contribution in [3.63, 3.8) is 0 Å². The number of allylic oxidation sites excluding steroid dienone is 4. The second kappa shape index (κ2) is 16.5. The fourth-order valence-electron chi connectivity index (χ4n) is 9.08. The lowest BCUT2D eigenvalue weighted by Gasteiger charge is -2.62. The largest absolute Gasteiger partial charge is 0.390 e. The molecule has 4 aliphatic rings.